The third-order valence-corrected chi connectivity index (χ3v) is 6.60. The van der Waals surface area contributed by atoms with Gasteiger partial charge in [0.05, 0.1) is 25.9 Å². The summed E-state index contributed by atoms with van der Waals surface area (Å²) in [6, 6.07) is 8.76. The van der Waals surface area contributed by atoms with Crippen molar-refractivity contribution in [3.63, 3.8) is 0 Å². The maximum Gasteiger partial charge on any atom is 0.325 e. The van der Waals surface area contributed by atoms with Gasteiger partial charge in [0.1, 0.15) is 5.54 Å². The number of nitrogens with zero attached hydrogens (tertiary/aromatic N) is 1. The van der Waals surface area contributed by atoms with Crippen molar-refractivity contribution in [2.45, 2.75) is 37.5 Å². The molecular formula is C20H21ClN2O4S. The van der Waals surface area contributed by atoms with Gasteiger partial charge in [-0.25, -0.2) is 4.79 Å². The number of hydrogen-bond acceptors (Lipinski definition) is 5. The number of nitrogens with one attached hydrogen (secondary N) is 1. The standard InChI is InChI=1S/C20H21ClN2O4S/c21-16-5-2-1-4-13(16)11-27-12-14(24)10-23-18(25)20(22-19(23)26)8-3-6-17-15(20)7-9-28-17/h1-2,4-5,7,9,14,24H,3,6,8,10-12H2,(H,22,26)/t14-,20-/m1/s1. The predicted molar refractivity (Wildman–Crippen MR) is 106 cm³/mol. The first-order valence-electron chi connectivity index (χ1n) is 9.21. The first-order valence-corrected chi connectivity index (χ1v) is 10.5. The summed E-state index contributed by atoms with van der Waals surface area (Å²) in [4.78, 5) is 27.9. The molecule has 4 rings (SSSR count). The third-order valence-electron chi connectivity index (χ3n) is 5.26. The number of aliphatic hydroxyl groups is 1. The average molecular weight is 421 g/mol. The Hall–Kier alpha value is -1.93. The van der Waals surface area contributed by atoms with E-state index < -0.39 is 17.7 Å². The van der Waals surface area contributed by atoms with Crippen LogP contribution in [-0.2, 0) is 28.1 Å². The quantitative estimate of drug-likeness (QED) is 0.704. The van der Waals surface area contributed by atoms with E-state index in [2.05, 4.69) is 5.32 Å². The van der Waals surface area contributed by atoms with Crippen LogP contribution < -0.4 is 5.32 Å². The monoisotopic (exact) mass is 420 g/mol. The van der Waals surface area contributed by atoms with Crippen LogP contribution in [0.3, 0.4) is 0 Å². The second kappa shape index (κ2) is 7.83. The number of aliphatic hydroxyl groups excluding tert-OH is 1. The van der Waals surface area contributed by atoms with Crippen LogP contribution in [0.15, 0.2) is 35.7 Å². The Morgan fingerprint density at radius 1 is 1.32 bits per heavy atom. The van der Waals surface area contributed by atoms with Crippen LogP contribution in [0.1, 0.15) is 28.8 Å². The molecule has 1 aliphatic carbocycles. The van der Waals surface area contributed by atoms with E-state index in [0.717, 1.165) is 33.7 Å². The number of thiophene rings is 1. The van der Waals surface area contributed by atoms with Crippen LogP contribution in [0.5, 0.6) is 0 Å². The second-order valence-electron chi connectivity index (χ2n) is 7.12. The van der Waals surface area contributed by atoms with Crippen molar-refractivity contribution in [3.05, 3.63) is 56.7 Å². The molecule has 28 heavy (non-hydrogen) atoms. The van der Waals surface area contributed by atoms with Gasteiger partial charge in [0, 0.05) is 15.5 Å². The SMILES string of the molecule is O=C1N[C@@]2(CCCc3sccc32)C(=O)N1C[C@@H](O)COCc1ccccc1Cl. The van der Waals surface area contributed by atoms with Crippen molar-refractivity contribution in [2.24, 2.45) is 0 Å². The van der Waals surface area contributed by atoms with Gasteiger partial charge in [0.15, 0.2) is 0 Å². The number of hydrogen-bond donors (Lipinski definition) is 2. The number of urea groups is 1. The van der Waals surface area contributed by atoms with Crippen molar-refractivity contribution < 1.29 is 19.4 Å². The molecule has 148 valence electrons. The molecule has 1 spiro atoms. The molecular weight excluding hydrogens is 400 g/mol. The molecule has 8 heteroatoms. The minimum atomic E-state index is -0.983. The Morgan fingerprint density at radius 3 is 2.96 bits per heavy atom. The van der Waals surface area contributed by atoms with Gasteiger partial charge in [0.2, 0.25) is 0 Å². The Kier molecular flexibility index (Phi) is 5.42. The van der Waals surface area contributed by atoms with Crippen molar-refractivity contribution in [1.29, 1.82) is 0 Å². The zero-order chi connectivity index (χ0) is 19.7. The molecule has 0 saturated carbocycles. The highest BCUT2D eigenvalue weighted by Crippen LogP contribution is 2.42. The van der Waals surface area contributed by atoms with E-state index in [9.17, 15) is 14.7 Å². The lowest BCUT2D eigenvalue weighted by Crippen LogP contribution is -2.46. The molecule has 0 unspecified atom stereocenters. The van der Waals surface area contributed by atoms with Crippen LogP contribution in [-0.4, -0.2) is 41.2 Å². The summed E-state index contributed by atoms with van der Waals surface area (Å²) in [7, 11) is 0. The number of aryl methyl sites for hydroxylation is 1. The maximum atomic E-state index is 13.1. The fourth-order valence-corrected chi connectivity index (χ4v) is 5.08. The highest BCUT2D eigenvalue weighted by molar-refractivity contribution is 7.10. The molecule has 2 heterocycles. The van der Waals surface area contributed by atoms with Crippen molar-refractivity contribution >= 4 is 34.9 Å². The van der Waals surface area contributed by atoms with Crippen molar-refractivity contribution in [2.75, 3.05) is 13.2 Å². The molecule has 2 N–H and O–H groups in total. The van der Waals surface area contributed by atoms with E-state index >= 15 is 0 Å². The second-order valence-corrected chi connectivity index (χ2v) is 8.53. The lowest BCUT2D eigenvalue weighted by atomic mass is 9.80. The van der Waals surface area contributed by atoms with Gasteiger partial charge in [-0.2, -0.15) is 0 Å². The third kappa shape index (κ3) is 3.43. The number of imide groups is 1. The van der Waals surface area contributed by atoms with Crippen LogP contribution in [0.2, 0.25) is 5.02 Å². The summed E-state index contributed by atoms with van der Waals surface area (Å²) in [5.41, 5.74) is 0.731. The normalized spacial score (nSPS) is 22.4. The highest BCUT2D eigenvalue weighted by atomic mass is 35.5. The van der Waals surface area contributed by atoms with Gasteiger partial charge in [-0.3, -0.25) is 9.69 Å². The molecule has 2 aliphatic rings. The molecule has 1 aromatic carbocycles. The summed E-state index contributed by atoms with van der Waals surface area (Å²) >= 11 is 7.69. The first kappa shape index (κ1) is 19.4. The van der Waals surface area contributed by atoms with Crippen LogP contribution in [0, 0.1) is 0 Å². The number of carbonyl (C=O) groups excluding carboxylic acids is 2. The Labute approximate surface area is 172 Å². The lowest BCUT2D eigenvalue weighted by Gasteiger charge is -2.31. The van der Waals surface area contributed by atoms with Gasteiger partial charge in [-0.05, 0) is 42.3 Å². The number of fused-ring (bicyclic) bond motifs is 2. The van der Waals surface area contributed by atoms with Crippen LogP contribution in [0.25, 0.3) is 0 Å². The molecule has 6 nitrogen and oxygen atoms in total. The number of carbonyl (C=O) groups is 2. The summed E-state index contributed by atoms with van der Waals surface area (Å²) < 4.78 is 5.52. The van der Waals surface area contributed by atoms with E-state index in [1.165, 1.54) is 0 Å². The van der Waals surface area contributed by atoms with Gasteiger partial charge < -0.3 is 15.2 Å². The van der Waals surface area contributed by atoms with E-state index in [1.807, 2.05) is 29.6 Å². The number of benzene rings is 1. The summed E-state index contributed by atoms with van der Waals surface area (Å²) in [5, 5.41) is 15.7. The van der Waals surface area contributed by atoms with Gasteiger partial charge in [-0.1, -0.05) is 29.8 Å². The summed E-state index contributed by atoms with van der Waals surface area (Å²) in [5.74, 6) is -0.290. The average Bonchev–Trinajstić information content (AvgIpc) is 3.24. The molecule has 1 fully saturated rings. The Bertz CT molecular complexity index is 902. The molecule has 1 aromatic heterocycles. The van der Waals surface area contributed by atoms with Gasteiger partial charge >= 0.3 is 6.03 Å². The molecule has 2 atom stereocenters. The van der Waals surface area contributed by atoms with E-state index in [1.54, 1.807) is 17.4 Å². The topological polar surface area (TPSA) is 78.9 Å². The highest BCUT2D eigenvalue weighted by Gasteiger charge is 2.54. The lowest BCUT2D eigenvalue weighted by molar-refractivity contribution is -0.133. The fourth-order valence-electron chi connectivity index (χ4n) is 3.89. The predicted octanol–water partition coefficient (Wildman–Crippen LogP) is 3.06. The summed E-state index contributed by atoms with van der Waals surface area (Å²) in [6.07, 6.45) is 1.38. The smallest absolute Gasteiger partial charge is 0.325 e. The maximum absolute atomic E-state index is 13.1. The molecule has 3 amide bonds. The number of halogens is 1. The van der Waals surface area contributed by atoms with Crippen molar-refractivity contribution in [1.82, 2.24) is 10.2 Å². The van der Waals surface area contributed by atoms with E-state index in [0.29, 0.717) is 11.4 Å². The van der Waals surface area contributed by atoms with E-state index in [4.69, 9.17) is 16.3 Å². The van der Waals surface area contributed by atoms with Crippen LogP contribution in [0.4, 0.5) is 4.79 Å². The Balaban J connectivity index is 1.38. The minimum Gasteiger partial charge on any atom is -0.389 e. The number of β-amino-alcohol motifs (C(OH)–C–C–N with tert-alkyl or cyclic N) is 1. The number of ether oxygens (including phenoxy) is 1. The van der Waals surface area contributed by atoms with Crippen molar-refractivity contribution in [3.8, 4) is 0 Å². The number of amides is 3. The largest absolute Gasteiger partial charge is 0.389 e. The minimum absolute atomic E-state index is 0.00101. The van der Waals surface area contributed by atoms with Gasteiger partial charge in [-0.15, -0.1) is 11.3 Å². The molecule has 1 aliphatic heterocycles. The zero-order valence-electron chi connectivity index (χ0n) is 15.2. The molecule has 0 radical (unpaired) electrons. The zero-order valence-corrected chi connectivity index (χ0v) is 16.8. The summed E-state index contributed by atoms with van der Waals surface area (Å²) in [6.45, 7) is 0.145. The van der Waals surface area contributed by atoms with Crippen LogP contribution >= 0.6 is 22.9 Å². The number of rotatable bonds is 6. The molecule has 0 bridgehead atoms. The Morgan fingerprint density at radius 2 is 2.14 bits per heavy atom. The van der Waals surface area contributed by atoms with E-state index in [-0.39, 0.29) is 25.7 Å². The fraction of sp³-hybridized carbons (Fsp3) is 0.400. The molecule has 1 saturated heterocycles. The van der Waals surface area contributed by atoms with Gasteiger partial charge in [0.25, 0.3) is 5.91 Å². The first-order chi connectivity index (χ1) is 13.5. The molecule has 2 aromatic rings.